The summed E-state index contributed by atoms with van der Waals surface area (Å²) in [6, 6.07) is 18.8. The van der Waals surface area contributed by atoms with Crippen LogP contribution in [0.2, 0.25) is 0 Å². The van der Waals surface area contributed by atoms with Crippen molar-refractivity contribution in [3.05, 3.63) is 132 Å². The van der Waals surface area contributed by atoms with E-state index in [1.54, 1.807) is 55.7 Å². The Morgan fingerprint density at radius 1 is 0.624 bits per heavy atom. The number of nitrogens with zero attached hydrogens (tertiary/aromatic N) is 13. The number of nitrogens with one attached hydrogen (secondary N) is 3. The predicted octanol–water partition coefficient (Wildman–Crippen LogP) is 12.8. The summed E-state index contributed by atoms with van der Waals surface area (Å²) in [5.41, 5.74) is 4.67. The molecule has 10 aromatic rings. The first kappa shape index (κ1) is 74.1. The molecule has 6 aromatic heterocycles. The van der Waals surface area contributed by atoms with Crippen molar-refractivity contribution in [2.45, 2.75) is 140 Å². The first-order valence-corrected chi connectivity index (χ1v) is 34.3. The molecule has 5 fully saturated rings. The first-order valence-electron chi connectivity index (χ1n) is 33.5. The number of methoxy groups -OCH3 is 6. The van der Waals surface area contributed by atoms with E-state index in [9.17, 15) is 13.2 Å². The van der Waals surface area contributed by atoms with Crippen molar-refractivity contribution in [1.29, 1.82) is 0 Å². The van der Waals surface area contributed by atoms with Crippen LogP contribution in [0, 0.1) is 24.5 Å². The number of benzene rings is 4. The molecule has 5 aliphatic rings. The van der Waals surface area contributed by atoms with E-state index in [-0.39, 0.29) is 81.5 Å². The van der Waals surface area contributed by atoms with E-state index >= 15 is 4.39 Å². The molecule has 0 spiro atoms. The van der Waals surface area contributed by atoms with Crippen LogP contribution in [0.25, 0.3) is 33.1 Å². The fourth-order valence-electron chi connectivity index (χ4n) is 13.6. The average molecular weight is 1550 g/mol. The Labute approximate surface area is 605 Å². The third-order valence-electron chi connectivity index (χ3n) is 19.3. The smallest absolute Gasteiger partial charge is 0.226 e. The number of aromatic nitrogens is 12. The minimum absolute atomic E-state index is 0. The summed E-state index contributed by atoms with van der Waals surface area (Å²) in [6.45, 7) is 7.22. The summed E-state index contributed by atoms with van der Waals surface area (Å²) in [4.78, 5) is 21.0. The molecule has 9 heterocycles. The molecule has 30 heteroatoms. The van der Waals surface area contributed by atoms with E-state index in [0.717, 1.165) is 60.4 Å². The monoisotopic (exact) mass is 1550 g/mol. The molecule has 3 N–H and O–H groups in total. The average Bonchev–Trinajstić information content (AvgIpc) is 1.65. The number of fused-ring (bicyclic) bond motifs is 6. The molecule has 5 atom stereocenters. The number of alkyl halides is 2. The maximum atomic E-state index is 15.3. The Balaban J connectivity index is 0.000000164. The van der Waals surface area contributed by atoms with Crippen LogP contribution in [-0.4, -0.2) is 158 Å². The second kappa shape index (κ2) is 32.5. The quantitative estimate of drug-likeness (QED) is 0.0344. The third-order valence-corrected chi connectivity index (χ3v) is 19.8. The second-order valence-electron chi connectivity index (χ2n) is 26.3. The molecule has 24 nitrogen and oxygen atoms in total. The molecule has 2 saturated carbocycles. The largest absolute Gasteiger partial charge is 0.497 e. The zero-order valence-electron chi connectivity index (χ0n) is 57.9. The van der Waals surface area contributed by atoms with Gasteiger partial charge in [0.25, 0.3) is 0 Å². The minimum atomic E-state index is -1.07. The summed E-state index contributed by atoms with van der Waals surface area (Å²) in [6.07, 6.45) is 14.9. The Morgan fingerprint density at radius 3 is 1.69 bits per heavy atom. The molecular weight excluding hydrogens is 1470 g/mol. The SMILES string of the molecule is Brc1ccn(CC2(OC3CCCCO3)CCC2)n1.COc1ccc(CNc2nc3cc(OC)c(F)cc3c3nc(C4CC(F)CN(c5cnn(CC6(C)CCC6)c5)C4)nn23)c(OC)c1.COc1ccc(CNc2nc3cc(OC)c(F)cc3c3nc(C4CNCC(F)C4)nn23)c(OC)c1.[CH3-].[Pd]. The van der Waals surface area contributed by atoms with Crippen molar-refractivity contribution in [3.8, 4) is 34.5 Å². The van der Waals surface area contributed by atoms with Crippen molar-refractivity contribution < 1.29 is 75.9 Å². The Hall–Kier alpha value is -8.14. The normalized spacial score (nSPS) is 19.8. The Morgan fingerprint density at radius 2 is 1.20 bits per heavy atom. The molecule has 5 unspecified atom stereocenters. The van der Waals surface area contributed by atoms with Gasteiger partial charge in [0.1, 0.15) is 39.9 Å². The van der Waals surface area contributed by atoms with Gasteiger partial charge in [0.05, 0.1) is 77.7 Å². The fraction of sp³-hybridized carbons (Fsp3) is 0.479. The third kappa shape index (κ3) is 16.7. The van der Waals surface area contributed by atoms with Crippen LogP contribution in [0.3, 0.4) is 0 Å². The Kier molecular flexibility index (Phi) is 23.8. The topological polar surface area (TPSA) is 235 Å². The van der Waals surface area contributed by atoms with E-state index in [1.807, 2.05) is 63.2 Å². The van der Waals surface area contributed by atoms with Crippen molar-refractivity contribution in [3.63, 3.8) is 0 Å². The molecule has 0 amide bonds. The number of rotatable bonds is 21. The number of halogens is 5. The van der Waals surface area contributed by atoms with Crippen LogP contribution >= 0.6 is 15.9 Å². The van der Waals surface area contributed by atoms with Crippen LogP contribution in [0.15, 0.2) is 89.9 Å². The Bertz CT molecular complexity index is 4470. The van der Waals surface area contributed by atoms with Gasteiger partial charge in [0, 0.05) is 143 Å². The summed E-state index contributed by atoms with van der Waals surface area (Å²) >= 11 is 3.38. The molecule has 0 radical (unpaired) electrons. The van der Waals surface area contributed by atoms with Crippen molar-refractivity contribution in [2.24, 2.45) is 5.41 Å². The van der Waals surface area contributed by atoms with E-state index in [1.165, 1.54) is 70.9 Å². The number of anilines is 3. The van der Waals surface area contributed by atoms with E-state index < -0.39 is 24.0 Å². The van der Waals surface area contributed by atoms with Gasteiger partial charge in [-0.05, 0) is 128 Å². The van der Waals surface area contributed by atoms with Crippen molar-refractivity contribution >= 4 is 66.6 Å². The molecule has 3 aliphatic heterocycles. The van der Waals surface area contributed by atoms with Gasteiger partial charge in [-0.25, -0.2) is 37.5 Å². The van der Waals surface area contributed by atoms with E-state index in [2.05, 4.69) is 64.1 Å². The van der Waals surface area contributed by atoms with Gasteiger partial charge in [-0.15, -0.1) is 10.2 Å². The summed E-state index contributed by atoms with van der Waals surface area (Å²) in [5.74, 6) is 2.98. The summed E-state index contributed by atoms with van der Waals surface area (Å²) < 4.78 is 111. The second-order valence-corrected chi connectivity index (χ2v) is 27.1. The van der Waals surface area contributed by atoms with Gasteiger partial charge < -0.3 is 66.2 Å². The zero-order valence-corrected chi connectivity index (χ0v) is 61.0. The number of hydrogen-bond donors (Lipinski definition) is 3. The van der Waals surface area contributed by atoms with Gasteiger partial charge in [-0.2, -0.15) is 19.2 Å². The van der Waals surface area contributed by atoms with Crippen LogP contribution in [0.4, 0.5) is 35.1 Å². The molecule has 3 saturated heterocycles. The number of hydrogen-bond acceptors (Lipinski definition) is 20. The van der Waals surface area contributed by atoms with Gasteiger partial charge in [0.15, 0.2) is 52.4 Å². The van der Waals surface area contributed by atoms with Crippen LogP contribution in [-0.2, 0) is 56.1 Å². The molecule has 4 aromatic carbocycles. The zero-order chi connectivity index (χ0) is 69.0. The minimum Gasteiger partial charge on any atom is -0.497 e. The van der Waals surface area contributed by atoms with Crippen LogP contribution in [0.1, 0.15) is 112 Å². The molecule has 101 heavy (non-hydrogen) atoms. The molecule has 2 aliphatic carbocycles. The fourth-order valence-corrected chi connectivity index (χ4v) is 13.9. The van der Waals surface area contributed by atoms with Crippen LogP contribution in [0.5, 0.6) is 34.5 Å². The maximum absolute atomic E-state index is 15.3. The number of piperidine rings is 2. The predicted molar refractivity (Wildman–Crippen MR) is 375 cm³/mol. The maximum Gasteiger partial charge on any atom is 0.226 e. The molecule has 544 valence electrons. The van der Waals surface area contributed by atoms with Gasteiger partial charge in [0.2, 0.25) is 11.9 Å². The molecule has 0 bridgehead atoms. The molecular formula is C71H86BrF4N16O8Pd-. The number of ether oxygens (including phenoxy) is 8. The van der Waals surface area contributed by atoms with Crippen molar-refractivity contribution in [1.82, 2.24) is 64.0 Å². The van der Waals surface area contributed by atoms with Crippen LogP contribution < -0.4 is 49.3 Å². The van der Waals surface area contributed by atoms with Crippen molar-refractivity contribution in [2.75, 3.05) is 91.0 Å². The summed E-state index contributed by atoms with van der Waals surface area (Å²) in [7, 11) is 9.19. The summed E-state index contributed by atoms with van der Waals surface area (Å²) in [5, 5.41) is 29.1. The standard InChI is InChI=1S/C33H38F2N8O3.C24H26F2N6O3.C13H19BrN2O2.CH3.Pd/c1-33(8-5-9-33)19-42-18-23(15-37-42)41-16-21(10-22(34)17-41)30-39-31-25-12-26(35)29(46-4)13-27(25)38-32(43(31)40-30)36-14-20-6-7-24(44-2)11-28(20)45-3;1-33-16-5-4-13(20(7-16)34-2)11-28-24-29-19-9-21(35-3)18(26)8-17(19)23-30-22(31-32(23)24)14-6-15(25)12-27-10-14;14-11-5-8-16(15-11)10-13(6-3-7-13)18-12-4-1-2-9-17-12;;/h6-7,11-13,15,18,21-22H,5,8-10,14,16-17,19H2,1-4H3,(H,36,38);4-5,7-9,14-15,27H,6,10-12H2,1-3H3,(H,28,29);5,8,12H,1-4,6-7,9-10H2;1H3;/q;;;-1;. The van der Waals surface area contributed by atoms with E-state index in [0.29, 0.717) is 119 Å². The first-order chi connectivity index (χ1) is 48.0. The van der Waals surface area contributed by atoms with Gasteiger partial charge in [-0.1, -0.05) is 13.3 Å². The molecule has 15 rings (SSSR count). The van der Waals surface area contributed by atoms with E-state index in [4.69, 9.17) is 53.0 Å². The van der Waals surface area contributed by atoms with Gasteiger partial charge >= 0.3 is 0 Å². The van der Waals surface area contributed by atoms with Gasteiger partial charge in [-0.3, -0.25) is 9.36 Å².